The maximum atomic E-state index is 12.5. The molecule has 1 fully saturated rings. The lowest BCUT2D eigenvalue weighted by atomic mass is 10.3. The number of hydrogen-bond acceptors (Lipinski definition) is 4. The van der Waals surface area contributed by atoms with Crippen LogP contribution < -0.4 is 10.6 Å². The van der Waals surface area contributed by atoms with Crippen molar-refractivity contribution >= 4 is 41.3 Å². The molecule has 5 nitrogen and oxygen atoms in total. The Morgan fingerprint density at radius 2 is 2.04 bits per heavy atom. The van der Waals surface area contributed by atoms with Crippen molar-refractivity contribution in [3.8, 4) is 0 Å². The molecule has 13 heteroatoms. The number of nitrogens with zero attached hydrogens (tertiary/aromatic N) is 3. The Bertz CT molecular complexity index is 618. The molecular weight excluding hydrogens is 511 g/mol. The summed E-state index contributed by atoms with van der Waals surface area (Å²) in [5.74, 6) is 0.343. The highest BCUT2D eigenvalue weighted by molar-refractivity contribution is 14.0. The van der Waals surface area contributed by atoms with Gasteiger partial charge in [0.15, 0.2) is 11.7 Å². The van der Waals surface area contributed by atoms with Crippen LogP contribution in [0.3, 0.4) is 0 Å². The molecule has 2 heterocycles. The Morgan fingerprint density at radius 3 is 2.59 bits per heavy atom. The van der Waals surface area contributed by atoms with Crippen LogP contribution in [-0.4, -0.2) is 54.2 Å². The summed E-state index contributed by atoms with van der Waals surface area (Å²) < 4.78 is 74.9. The maximum absolute atomic E-state index is 12.5. The first-order valence-corrected chi connectivity index (χ1v) is 8.80. The summed E-state index contributed by atoms with van der Waals surface area (Å²) in [6.45, 7) is 1.86. The van der Waals surface area contributed by atoms with E-state index in [1.807, 2.05) is 6.92 Å². The van der Waals surface area contributed by atoms with Gasteiger partial charge < -0.3 is 10.6 Å². The maximum Gasteiger partial charge on any atom is 0.434 e. The predicted molar refractivity (Wildman–Crippen MR) is 101 cm³/mol. The Balaban J connectivity index is 0.00000364. The Morgan fingerprint density at radius 1 is 1.33 bits per heavy atom. The molecule has 0 aromatic carbocycles. The summed E-state index contributed by atoms with van der Waals surface area (Å²) in [6.07, 6.45) is -8.21. The molecule has 2 rings (SSSR count). The van der Waals surface area contributed by atoms with Gasteiger partial charge >= 0.3 is 12.4 Å². The van der Waals surface area contributed by atoms with Crippen LogP contribution in [0.1, 0.15) is 24.0 Å². The van der Waals surface area contributed by atoms with Crippen molar-refractivity contribution < 1.29 is 26.3 Å². The molecule has 0 radical (unpaired) electrons. The van der Waals surface area contributed by atoms with E-state index < -0.39 is 24.6 Å². The molecule has 1 aromatic rings. The molecule has 1 aliphatic rings. The molecule has 156 valence electrons. The smallest absolute Gasteiger partial charge is 0.357 e. The van der Waals surface area contributed by atoms with Crippen LogP contribution >= 0.6 is 35.3 Å². The number of alkyl halides is 6. The number of halogens is 7. The summed E-state index contributed by atoms with van der Waals surface area (Å²) in [4.78, 5) is 8.98. The molecule has 0 saturated carbocycles. The topological polar surface area (TPSA) is 52.6 Å². The number of rotatable bonds is 5. The van der Waals surface area contributed by atoms with E-state index in [1.165, 1.54) is 4.90 Å². The molecule has 0 spiro atoms. The van der Waals surface area contributed by atoms with Crippen LogP contribution in [0.15, 0.2) is 10.4 Å². The normalized spacial score (nSPS) is 19.1. The largest absolute Gasteiger partial charge is 0.434 e. The number of likely N-dealkylation sites (tertiary alicyclic amines) is 1. The van der Waals surface area contributed by atoms with Gasteiger partial charge in [-0.15, -0.1) is 35.3 Å². The van der Waals surface area contributed by atoms with Crippen molar-refractivity contribution in [2.24, 2.45) is 4.99 Å². The van der Waals surface area contributed by atoms with E-state index in [0.717, 1.165) is 16.7 Å². The van der Waals surface area contributed by atoms with Crippen molar-refractivity contribution in [3.05, 3.63) is 16.1 Å². The summed E-state index contributed by atoms with van der Waals surface area (Å²) in [5, 5.41) is 7.09. The van der Waals surface area contributed by atoms with Crippen molar-refractivity contribution in [2.75, 3.05) is 26.2 Å². The molecule has 27 heavy (non-hydrogen) atoms. The van der Waals surface area contributed by atoms with Gasteiger partial charge in [0, 0.05) is 31.1 Å². The summed E-state index contributed by atoms with van der Waals surface area (Å²) in [6, 6.07) is -0.211. The molecule has 1 unspecified atom stereocenters. The first-order valence-electron chi connectivity index (χ1n) is 7.92. The average molecular weight is 531 g/mol. The molecule has 1 saturated heterocycles. The standard InChI is InChI=1S/C14H19F6N5S.HI/c1-2-21-12(22-5-11-24-10(7-26-11)14(18,19)20)23-9-3-4-25(6-9)8-13(15,16)17;/h7,9H,2-6,8H2,1H3,(H2,21,22,23);1H. The van der Waals surface area contributed by atoms with E-state index in [1.54, 1.807) is 0 Å². The number of nitrogens with one attached hydrogen (secondary N) is 2. The van der Waals surface area contributed by atoms with Gasteiger partial charge in [-0.1, -0.05) is 0 Å². The van der Waals surface area contributed by atoms with Crippen LogP contribution in [0.5, 0.6) is 0 Å². The van der Waals surface area contributed by atoms with Gasteiger partial charge in [0.05, 0.1) is 13.1 Å². The van der Waals surface area contributed by atoms with Crippen LogP contribution in [0.4, 0.5) is 26.3 Å². The van der Waals surface area contributed by atoms with Crippen molar-refractivity contribution in [2.45, 2.75) is 38.3 Å². The van der Waals surface area contributed by atoms with E-state index in [-0.39, 0.29) is 48.1 Å². The van der Waals surface area contributed by atoms with Gasteiger partial charge in [0.25, 0.3) is 0 Å². The lowest BCUT2D eigenvalue weighted by molar-refractivity contribution is -0.143. The highest BCUT2D eigenvalue weighted by Crippen LogP contribution is 2.30. The zero-order valence-corrected chi connectivity index (χ0v) is 17.5. The quantitative estimate of drug-likeness (QED) is 0.265. The van der Waals surface area contributed by atoms with Gasteiger partial charge in [-0.3, -0.25) is 4.90 Å². The fourth-order valence-electron chi connectivity index (χ4n) is 2.52. The van der Waals surface area contributed by atoms with E-state index in [4.69, 9.17) is 0 Å². The van der Waals surface area contributed by atoms with Gasteiger partial charge in [0.1, 0.15) is 5.01 Å². The highest BCUT2D eigenvalue weighted by Gasteiger charge is 2.35. The molecule has 2 N–H and O–H groups in total. The lowest BCUT2D eigenvalue weighted by Gasteiger charge is -2.19. The second-order valence-corrected chi connectivity index (χ2v) is 6.74. The molecule has 0 aliphatic carbocycles. The lowest BCUT2D eigenvalue weighted by Crippen LogP contribution is -2.45. The molecule has 1 atom stereocenters. The third kappa shape index (κ3) is 8.37. The molecule has 1 aliphatic heterocycles. The van der Waals surface area contributed by atoms with Gasteiger partial charge in [0.2, 0.25) is 0 Å². The van der Waals surface area contributed by atoms with Crippen molar-refractivity contribution in [3.63, 3.8) is 0 Å². The van der Waals surface area contributed by atoms with E-state index in [9.17, 15) is 26.3 Å². The summed E-state index contributed by atoms with van der Waals surface area (Å²) in [7, 11) is 0. The number of aliphatic imine (C=N–C) groups is 1. The van der Waals surface area contributed by atoms with Crippen molar-refractivity contribution in [1.82, 2.24) is 20.5 Å². The second-order valence-electron chi connectivity index (χ2n) is 5.80. The summed E-state index contributed by atoms with van der Waals surface area (Å²) >= 11 is 0.859. The highest BCUT2D eigenvalue weighted by atomic mass is 127. The Labute approximate surface area is 173 Å². The Kier molecular flexibility index (Phi) is 9.05. The summed E-state index contributed by atoms with van der Waals surface area (Å²) in [5.41, 5.74) is -0.954. The minimum Gasteiger partial charge on any atom is -0.357 e. The number of guanidine groups is 1. The average Bonchev–Trinajstić information content (AvgIpc) is 3.12. The molecular formula is C14H20F6IN5S. The molecule has 0 amide bonds. The Hall–Kier alpha value is -0.830. The van der Waals surface area contributed by atoms with Crippen LogP contribution in [0.25, 0.3) is 0 Å². The van der Waals surface area contributed by atoms with Crippen LogP contribution in [-0.2, 0) is 12.7 Å². The number of thiazole rings is 1. The molecule has 0 bridgehead atoms. The van der Waals surface area contributed by atoms with Gasteiger partial charge in [-0.05, 0) is 13.3 Å². The zero-order chi connectivity index (χ0) is 19.4. The van der Waals surface area contributed by atoms with E-state index in [2.05, 4.69) is 20.6 Å². The minimum atomic E-state index is -4.49. The first kappa shape index (κ1) is 24.2. The van der Waals surface area contributed by atoms with Gasteiger partial charge in [-0.2, -0.15) is 26.3 Å². The molecule has 1 aromatic heterocycles. The van der Waals surface area contributed by atoms with E-state index >= 15 is 0 Å². The monoisotopic (exact) mass is 531 g/mol. The van der Waals surface area contributed by atoms with Gasteiger partial charge in [-0.25, -0.2) is 9.98 Å². The fraction of sp³-hybridized carbons (Fsp3) is 0.714. The van der Waals surface area contributed by atoms with Crippen LogP contribution in [0, 0.1) is 0 Å². The number of hydrogen-bond donors (Lipinski definition) is 2. The number of aromatic nitrogens is 1. The fourth-order valence-corrected chi connectivity index (χ4v) is 3.25. The van der Waals surface area contributed by atoms with Crippen LogP contribution in [0.2, 0.25) is 0 Å². The third-order valence-electron chi connectivity index (χ3n) is 3.57. The zero-order valence-electron chi connectivity index (χ0n) is 14.3. The third-order valence-corrected chi connectivity index (χ3v) is 4.41. The van der Waals surface area contributed by atoms with Crippen molar-refractivity contribution in [1.29, 1.82) is 0 Å². The SMILES string of the molecule is CCNC(=NCc1nc(C(F)(F)F)cs1)NC1CCN(CC(F)(F)F)C1.I. The van der Waals surface area contributed by atoms with E-state index in [0.29, 0.717) is 25.5 Å². The second kappa shape index (κ2) is 10.1. The first-order chi connectivity index (χ1) is 12.1. The predicted octanol–water partition coefficient (Wildman–Crippen LogP) is 3.47. The minimum absolute atomic E-state index is 0.